The molecule has 0 aliphatic rings. The zero-order valence-electron chi connectivity index (χ0n) is 12.7. The van der Waals surface area contributed by atoms with E-state index in [1.54, 1.807) is 0 Å². The summed E-state index contributed by atoms with van der Waals surface area (Å²) < 4.78 is 0. The molecular weight excluding hydrogens is 296 g/mol. The number of aryl methyl sites for hydroxylation is 1. The Kier molecular flexibility index (Phi) is 6.44. The van der Waals surface area contributed by atoms with E-state index in [1.807, 2.05) is 43.3 Å². The van der Waals surface area contributed by atoms with Crippen molar-refractivity contribution in [1.29, 1.82) is 0 Å². The molecule has 0 aliphatic carbocycles. The number of hydrogen-bond acceptors (Lipinski definition) is 2. The fourth-order valence-corrected chi connectivity index (χ4v) is 2.38. The minimum atomic E-state index is -0.0509. The summed E-state index contributed by atoms with van der Waals surface area (Å²) in [6, 6.07) is 15.8. The summed E-state index contributed by atoms with van der Waals surface area (Å²) in [5.74, 6) is -0.0509. The number of carbonyl (C=O) groups excluding carboxylic acids is 1. The summed E-state index contributed by atoms with van der Waals surface area (Å²) in [7, 11) is 0. The molecule has 116 valence electrons. The van der Waals surface area contributed by atoms with E-state index in [9.17, 15) is 4.79 Å². The third-order valence-electron chi connectivity index (χ3n) is 3.49. The Hall–Kier alpha value is -1.84. The van der Waals surface area contributed by atoms with Crippen molar-refractivity contribution in [3.8, 4) is 0 Å². The topological polar surface area (TPSA) is 41.1 Å². The van der Waals surface area contributed by atoms with Crippen molar-refractivity contribution in [3.63, 3.8) is 0 Å². The molecule has 2 aromatic carbocycles. The Bertz CT molecular complexity index is 614. The van der Waals surface area contributed by atoms with E-state index < -0.39 is 0 Å². The van der Waals surface area contributed by atoms with Gasteiger partial charge in [0, 0.05) is 10.7 Å². The van der Waals surface area contributed by atoms with Crippen molar-refractivity contribution >= 4 is 23.2 Å². The lowest BCUT2D eigenvalue weighted by atomic mass is 10.1. The van der Waals surface area contributed by atoms with Gasteiger partial charge >= 0.3 is 0 Å². The van der Waals surface area contributed by atoms with Gasteiger partial charge in [-0.2, -0.15) is 0 Å². The lowest BCUT2D eigenvalue weighted by molar-refractivity contribution is -0.115. The quantitative estimate of drug-likeness (QED) is 0.763. The molecule has 0 bridgehead atoms. The summed E-state index contributed by atoms with van der Waals surface area (Å²) in [6.45, 7) is 3.02. The molecule has 0 radical (unpaired) electrons. The lowest BCUT2D eigenvalue weighted by Gasteiger charge is -2.10. The van der Waals surface area contributed by atoms with Gasteiger partial charge in [0.1, 0.15) is 0 Å². The fourth-order valence-electron chi connectivity index (χ4n) is 2.20. The Balaban J connectivity index is 1.67. The van der Waals surface area contributed by atoms with Crippen LogP contribution in [-0.2, 0) is 11.2 Å². The average molecular weight is 317 g/mol. The monoisotopic (exact) mass is 316 g/mol. The van der Waals surface area contributed by atoms with E-state index in [0.717, 1.165) is 30.6 Å². The van der Waals surface area contributed by atoms with Crippen LogP contribution in [0.3, 0.4) is 0 Å². The minimum absolute atomic E-state index is 0.0509. The van der Waals surface area contributed by atoms with Crippen LogP contribution in [0.4, 0.5) is 5.69 Å². The molecule has 0 atom stereocenters. The predicted molar refractivity (Wildman–Crippen MR) is 92.5 cm³/mol. The van der Waals surface area contributed by atoms with Gasteiger partial charge in [0.05, 0.1) is 6.54 Å². The Morgan fingerprint density at radius 1 is 1.09 bits per heavy atom. The van der Waals surface area contributed by atoms with Crippen molar-refractivity contribution in [2.75, 3.05) is 18.4 Å². The first-order valence-corrected chi connectivity index (χ1v) is 7.84. The lowest BCUT2D eigenvalue weighted by Crippen LogP contribution is -2.29. The summed E-state index contributed by atoms with van der Waals surface area (Å²) in [5, 5.41) is 6.70. The molecule has 0 aromatic heterocycles. The van der Waals surface area contributed by atoms with Crippen LogP contribution < -0.4 is 10.6 Å². The van der Waals surface area contributed by atoms with Gasteiger partial charge in [0.2, 0.25) is 5.91 Å². The van der Waals surface area contributed by atoms with Crippen molar-refractivity contribution in [3.05, 3.63) is 64.7 Å². The highest BCUT2D eigenvalue weighted by molar-refractivity contribution is 6.31. The molecule has 4 heteroatoms. The highest BCUT2D eigenvalue weighted by Crippen LogP contribution is 2.22. The number of nitrogens with one attached hydrogen (secondary N) is 2. The van der Waals surface area contributed by atoms with Crippen LogP contribution in [0.15, 0.2) is 48.5 Å². The van der Waals surface area contributed by atoms with E-state index in [2.05, 4.69) is 22.8 Å². The number of carbonyl (C=O) groups is 1. The van der Waals surface area contributed by atoms with E-state index >= 15 is 0 Å². The summed E-state index contributed by atoms with van der Waals surface area (Å²) in [4.78, 5) is 11.9. The van der Waals surface area contributed by atoms with Gasteiger partial charge in [-0.1, -0.05) is 48.0 Å². The third-order valence-corrected chi connectivity index (χ3v) is 3.90. The van der Waals surface area contributed by atoms with Crippen LogP contribution in [0.2, 0.25) is 5.02 Å². The Labute approximate surface area is 136 Å². The molecule has 1 amide bonds. The number of rotatable bonds is 7. The standard InChI is InChI=1S/C18H21ClN2O/c1-14-16(19)10-5-11-17(14)21-18(22)13-20-12-6-9-15-7-3-2-4-8-15/h2-5,7-8,10-11,20H,6,9,12-13H2,1H3,(H,21,22). The second-order valence-corrected chi connectivity index (χ2v) is 5.63. The summed E-state index contributed by atoms with van der Waals surface area (Å²) >= 11 is 6.03. The third kappa shape index (κ3) is 5.17. The SMILES string of the molecule is Cc1c(Cl)cccc1NC(=O)CNCCCc1ccccc1. The van der Waals surface area contributed by atoms with Gasteiger partial charge in [-0.3, -0.25) is 4.79 Å². The van der Waals surface area contributed by atoms with Crippen LogP contribution in [0.1, 0.15) is 17.5 Å². The maximum Gasteiger partial charge on any atom is 0.238 e. The van der Waals surface area contributed by atoms with E-state index in [-0.39, 0.29) is 5.91 Å². The molecule has 0 unspecified atom stereocenters. The van der Waals surface area contributed by atoms with E-state index in [4.69, 9.17) is 11.6 Å². The van der Waals surface area contributed by atoms with Crippen molar-refractivity contribution in [2.24, 2.45) is 0 Å². The molecular formula is C18H21ClN2O. The van der Waals surface area contributed by atoms with Gasteiger partial charge in [-0.05, 0) is 49.6 Å². The Morgan fingerprint density at radius 3 is 2.64 bits per heavy atom. The van der Waals surface area contributed by atoms with Gasteiger partial charge in [0.15, 0.2) is 0 Å². The van der Waals surface area contributed by atoms with Crippen molar-refractivity contribution < 1.29 is 4.79 Å². The molecule has 0 saturated heterocycles. The minimum Gasteiger partial charge on any atom is -0.325 e. The highest BCUT2D eigenvalue weighted by Gasteiger charge is 2.06. The van der Waals surface area contributed by atoms with Crippen molar-refractivity contribution in [1.82, 2.24) is 5.32 Å². The van der Waals surface area contributed by atoms with Crippen LogP contribution >= 0.6 is 11.6 Å². The van der Waals surface area contributed by atoms with Crippen LogP contribution in [-0.4, -0.2) is 19.0 Å². The van der Waals surface area contributed by atoms with E-state index in [1.165, 1.54) is 5.56 Å². The predicted octanol–water partition coefficient (Wildman–Crippen LogP) is 3.81. The van der Waals surface area contributed by atoms with Crippen molar-refractivity contribution in [2.45, 2.75) is 19.8 Å². The molecule has 0 spiro atoms. The maximum absolute atomic E-state index is 11.9. The van der Waals surface area contributed by atoms with Crippen LogP contribution in [0.25, 0.3) is 0 Å². The van der Waals surface area contributed by atoms with E-state index in [0.29, 0.717) is 11.6 Å². The smallest absolute Gasteiger partial charge is 0.238 e. The van der Waals surface area contributed by atoms with Gasteiger partial charge < -0.3 is 10.6 Å². The maximum atomic E-state index is 11.9. The molecule has 22 heavy (non-hydrogen) atoms. The normalized spacial score (nSPS) is 10.5. The zero-order chi connectivity index (χ0) is 15.8. The van der Waals surface area contributed by atoms with Gasteiger partial charge in [0.25, 0.3) is 0 Å². The molecule has 0 fully saturated rings. The molecule has 0 aliphatic heterocycles. The molecule has 2 N–H and O–H groups in total. The molecule has 2 aromatic rings. The molecule has 0 heterocycles. The summed E-state index contributed by atoms with van der Waals surface area (Å²) in [5.41, 5.74) is 2.98. The number of benzene rings is 2. The molecule has 2 rings (SSSR count). The second kappa shape index (κ2) is 8.57. The highest BCUT2D eigenvalue weighted by atomic mass is 35.5. The molecule has 0 saturated carbocycles. The van der Waals surface area contributed by atoms with Crippen LogP contribution in [0.5, 0.6) is 0 Å². The second-order valence-electron chi connectivity index (χ2n) is 5.23. The van der Waals surface area contributed by atoms with Gasteiger partial charge in [-0.15, -0.1) is 0 Å². The van der Waals surface area contributed by atoms with Crippen LogP contribution in [0, 0.1) is 6.92 Å². The first kappa shape index (κ1) is 16.5. The number of halogens is 1. The number of amides is 1. The average Bonchev–Trinajstić information content (AvgIpc) is 2.52. The largest absolute Gasteiger partial charge is 0.325 e. The first-order chi connectivity index (χ1) is 10.7. The Morgan fingerprint density at radius 2 is 1.86 bits per heavy atom. The zero-order valence-corrected chi connectivity index (χ0v) is 13.5. The number of hydrogen-bond donors (Lipinski definition) is 2. The molecule has 3 nitrogen and oxygen atoms in total. The fraction of sp³-hybridized carbons (Fsp3) is 0.278. The van der Waals surface area contributed by atoms with Gasteiger partial charge in [-0.25, -0.2) is 0 Å². The summed E-state index contributed by atoms with van der Waals surface area (Å²) in [6.07, 6.45) is 2.02. The number of anilines is 1. The first-order valence-electron chi connectivity index (χ1n) is 7.46.